The first kappa shape index (κ1) is 23.4. The molecule has 31 heavy (non-hydrogen) atoms. The summed E-state index contributed by atoms with van der Waals surface area (Å²) in [4.78, 5) is 18.8. The number of hydrogen-bond donors (Lipinski definition) is 2. The molecule has 2 aromatic rings. The second kappa shape index (κ2) is 12.0. The second-order valence-electron chi connectivity index (χ2n) is 7.51. The van der Waals surface area contributed by atoms with Crippen LogP contribution >= 0.6 is 11.3 Å². The zero-order valence-electron chi connectivity index (χ0n) is 17.8. The first-order chi connectivity index (χ1) is 15.0. The maximum absolute atomic E-state index is 12.8. The summed E-state index contributed by atoms with van der Waals surface area (Å²) in [7, 11) is 0. The molecule has 0 unspecified atom stereocenters. The lowest BCUT2D eigenvalue weighted by atomic mass is 10.1. The van der Waals surface area contributed by atoms with Crippen molar-refractivity contribution in [3.05, 3.63) is 52.0 Å². The fraction of sp³-hybridized carbons (Fsp3) is 0.478. The molecule has 8 heteroatoms. The van der Waals surface area contributed by atoms with E-state index in [9.17, 15) is 15.0 Å². The monoisotopic (exact) mass is 446 g/mol. The van der Waals surface area contributed by atoms with Crippen molar-refractivity contribution in [2.75, 3.05) is 32.9 Å². The van der Waals surface area contributed by atoms with E-state index in [1.807, 2.05) is 36.6 Å². The Morgan fingerprint density at radius 3 is 2.87 bits per heavy atom. The largest absolute Gasteiger partial charge is 0.491 e. The average molecular weight is 447 g/mol. The van der Waals surface area contributed by atoms with Crippen molar-refractivity contribution < 1.29 is 24.5 Å². The van der Waals surface area contributed by atoms with Crippen molar-refractivity contribution in [3.63, 3.8) is 0 Å². The van der Waals surface area contributed by atoms with E-state index in [1.165, 1.54) is 17.4 Å². The minimum atomic E-state index is -0.987. The Morgan fingerprint density at radius 1 is 1.23 bits per heavy atom. The maximum Gasteiger partial charge on any atom is 0.246 e. The Kier molecular flexibility index (Phi) is 9.02. The van der Waals surface area contributed by atoms with E-state index in [0.29, 0.717) is 26.3 Å². The van der Waals surface area contributed by atoms with Gasteiger partial charge in [0.15, 0.2) is 0 Å². The van der Waals surface area contributed by atoms with E-state index in [0.717, 1.165) is 34.9 Å². The zero-order chi connectivity index (χ0) is 22.1. The summed E-state index contributed by atoms with van der Waals surface area (Å²) in [5, 5.41) is 23.3. The van der Waals surface area contributed by atoms with Gasteiger partial charge in [0, 0.05) is 24.6 Å². The Balaban J connectivity index is 1.70. The van der Waals surface area contributed by atoms with Gasteiger partial charge in [-0.25, -0.2) is 4.98 Å². The van der Waals surface area contributed by atoms with Crippen LogP contribution in [0.4, 0.5) is 0 Å². The number of aryl methyl sites for hydroxylation is 2. The van der Waals surface area contributed by atoms with Crippen molar-refractivity contribution in [3.8, 4) is 5.75 Å². The molecule has 0 saturated carbocycles. The molecule has 0 spiro atoms. The molecule has 1 amide bonds. The number of aromatic nitrogens is 1. The highest BCUT2D eigenvalue weighted by atomic mass is 32.1. The molecule has 3 rings (SSSR count). The van der Waals surface area contributed by atoms with Crippen molar-refractivity contribution in [2.45, 2.75) is 38.4 Å². The van der Waals surface area contributed by atoms with Crippen LogP contribution in [0.3, 0.4) is 0 Å². The van der Waals surface area contributed by atoms with Crippen LogP contribution in [-0.4, -0.2) is 71.1 Å². The van der Waals surface area contributed by atoms with Gasteiger partial charge in [0.2, 0.25) is 5.91 Å². The van der Waals surface area contributed by atoms with E-state index < -0.39 is 12.2 Å². The molecular weight excluding hydrogens is 416 g/mol. The molecule has 7 nitrogen and oxygen atoms in total. The highest BCUT2D eigenvalue weighted by Gasteiger charge is 2.20. The van der Waals surface area contributed by atoms with Crippen molar-refractivity contribution >= 4 is 23.3 Å². The molecule has 2 heterocycles. The van der Waals surface area contributed by atoms with Gasteiger partial charge in [0.05, 0.1) is 30.0 Å². The number of thiazole rings is 1. The van der Waals surface area contributed by atoms with Crippen LogP contribution in [0, 0.1) is 6.92 Å². The number of benzene rings is 1. The third-order valence-corrected chi connectivity index (χ3v) is 5.89. The van der Waals surface area contributed by atoms with E-state index in [2.05, 4.69) is 4.98 Å². The molecule has 1 aliphatic rings. The lowest BCUT2D eigenvalue weighted by molar-refractivity contribution is -0.127. The molecule has 2 atom stereocenters. The number of ether oxygens (including phenoxy) is 2. The number of carbonyl (C=O) groups is 1. The number of para-hydroxylation sites is 1. The topological polar surface area (TPSA) is 92.1 Å². The average Bonchev–Trinajstić information content (AvgIpc) is 3.19. The van der Waals surface area contributed by atoms with Crippen molar-refractivity contribution in [2.24, 2.45) is 0 Å². The van der Waals surface area contributed by atoms with Crippen LogP contribution in [-0.2, 0) is 16.0 Å². The Bertz CT molecular complexity index is 869. The number of aliphatic hydroxyl groups excluding tert-OH is 2. The molecule has 1 aliphatic heterocycles. The fourth-order valence-electron chi connectivity index (χ4n) is 3.33. The van der Waals surface area contributed by atoms with Crippen LogP contribution in [0.5, 0.6) is 5.75 Å². The van der Waals surface area contributed by atoms with Crippen molar-refractivity contribution in [1.29, 1.82) is 0 Å². The molecular formula is C23H30N2O5S. The number of amides is 1. The predicted octanol–water partition coefficient (Wildman–Crippen LogP) is 2.45. The molecule has 0 fully saturated rings. The SMILES string of the molecule is Cc1nc(/C=C/C(=O)N2CCOc3ccccc3CCCOC[C@@H](O)[C@@H](O)CC2)cs1. The summed E-state index contributed by atoms with van der Waals surface area (Å²) in [5.41, 5.74) is 1.82. The summed E-state index contributed by atoms with van der Waals surface area (Å²) >= 11 is 1.53. The number of carbonyl (C=O) groups excluding carboxylic acids is 1. The van der Waals surface area contributed by atoms with E-state index in [-0.39, 0.29) is 18.9 Å². The van der Waals surface area contributed by atoms with Crippen LogP contribution in [0.15, 0.2) is 35.7 Å². The molecule has 0 aliphatic carbocycles. The standard InChI is InChI=1S/C23H30N2O5S/c1-17-24-19(16-31-17)8-9-23(28)25-11-10-20(26)21(27)15-29-13-4-6-18-5-2-3-7-22(18)30-14-12-25/h2-3,5,7-9,16,20-21,26-27H,4,6,10-15H2,1H3/b9-8+/t20-,21+/m0/s1. The number of fused-ring (bicyclic) bond motifs is 1. The highest BCUT2D eigenvalue weighted by Crippen LogP contribution is 2.20. The fourth-order valence-corrected chi connectivity index (χ4v) is 3.91. The summed E-state index contributed by atoms with van der Waals surface area (Å²) < 4.78 is 11.5. The maximum atomic E-state index is 12.8. The lowest BCUT2D eigenvalue weighted by Crippen LogP contribution is -2.38. The third kappa shape index (κ3) is 7.43. The molecule has 168 valence electrons. The minimum Gasteiger partial charge on any atom is -0.491 e. The van der Waals surface area contributed by atoms with Crippen LogP contribution in [0.2, 0.25) is 0 Å². The number of aliphatic hydroxyl groups is 2. The van der Waals surface area contributed by atoms with E-state index in [1.54, 1.807) is 11.0 Å². The van der Waals surface area contributed by atoms with Gasteiger partial charge in [0.25, 0.3) is 0 Å². The molecule has 1 aromatic heterocycles. The van der Waals surface area contributed by atoms with Gasteiger partial charge in [-0.2, -0.15) is 0 Å². The van der Waals surface area contributed by atoms with Gasteiger partial charge in [-0.3, -0.25) is 4.79 Å². The smallest absolute Gasteiger partial charge is 0.246 e. The zero-order valence-corrected chi connectivity index (χ0v) is 18.6. The number of nitrogens with zero attached hydrogens (tertiary/aromatic N) is 2. The lowest BCUT2D eigenvalue weighted by Gasteiger charge is -2.24. The Morgan fingerprint density at radius 2 is 2.06 bits per heavy atom. The first-order valence-corrected chi connectivity index (χ1v) is 11.4. The normalized spacial score (nSPS) is 21.7. The quantitative estimate of drug-likeness (QED) is 0.689. The summed E-state index contributed by atoms with van der Waals surface area (Å²) in [6, 6.07) is 7.85. The molecule has 0 bridgehead atoms. The minimum absolute atomic E-state index is 0.0658. The third-order valence-electron chi connectivity index (χ3n) is 5.10. The number of rotatable bonds is 2. The van der Waals surface area contributed by atoms with Gasteiger partial charge >= 0.3 is 0 Å². The number of hydrogen-bond acceptors (Lipinski definition) is 7. The van der Waals surface area contributed by atoms with Crippen molar-refractivity contribution in [1.82, 2.24) is 9.88 Å². The Labute approximate surface area is 186 Å². The van der Waals surface area contributed by atoms with Gasteiger partial charge in [-0.15, -0.1) is 11.3 Å². The van der Waals surface area contributed by atoms with Crippen LogP contribution in [0.1, 0.15) is 29.1 Å². The predicted molar refractivity (Wildman–Crippen MR) is 120 cm³/mol. The Hall–Kier alpha value is -2.26. The first-order valence-electron chi connectivity index (χ1n) is 10.6. The second-order valence-corrected chi connectivity index (χ2v) is 8.57. The summed E-state index contributed by atoms with van der Waals surface area (Å²) in [5.74, 6) is 0.614. The van der Waals surface area contributed by atoms with Gasteiger partial charge < -0.3 is 24.6 Å². The summed E-state index contributed by atoms with van der Waals surface area (Å²) in [6.07, 6.45) is 3.04. The van der Waals surface area contributed by atoms with Gasteiger partial charge in [-0.1, -0.05) is 18.2 Å². The van der Waals surface area contributed by atoms with Gasteiger partial charge in [-0.05, 0) is 43.9 Å². The van der Waals surface area contributed by atoms with E-state index >= 15 is 0 Å². The van der Waals surface area contributed by atoms with E-state index in [4.69, 9.17) is 9.47 Å². The summed E-state index contributed by atoms with van der Waals surface area (Å²) in [6.45, 7) is 3.47. The molecule has 1 aromatic carbocycles. The molecule has 0 radical (unpaired) electrons. The molecule has 0 saturated heterocycles. The van der Waals surface area contributed by atoms with Crippen LogP contribution in [0.25, 0.3) is 6.08 Å². The highest BCUT2D eigenvalue weighted by molar-refractivity contribution is 7.09. The van der Waals surface area contributed by atoms with Gasteiger partial charge in [0.1, 0.15) is 18.5 Å². The van der Waals surface area contributed by atoms with Crippen LogP contribution < -0.4 is 4.74 Å². The molecule has 2 N–H and O–H groups in total.